The first-order valence-electron chi connectivity index (χ1n) is 5.11. The van der Waals surface area contributed by atoms with E-state index in [0.29, 0.717) is 6.54 Å². The summed E-state index contributed by atoms with van der Waals surface area (Å²) in [4.78, 5) is 0. The molecule has 0 saturated carbocycles. The summed E-state index contributed by atoms with van der Waals surface area (Å²) in [5.74, 6) is 6.81. The Morgan fingerprint density at radius 1 is 1.12 bits per heavy atom. The first-order valence-corrected chi connectivity index (χ1v) is 5.11. The Labute approximate surface area is 95.0 Å². The van der Waals surface area contributed by atoms with Gasteiger partial charge in [0.15, 0.2) is 0 Å². The molecule has 0 aromatic heterocycles. The van der Waals surface area contributed by atoms with Crippen molar-refractivity contribution in [2.24, 2.45) is 5.73 Å². The zero-order valence-electron chi connectivity index (χ0n) is 9.16. The van der Waals surface area contributed by atoms with Gasteiger partial charge in [-0.1, -0.05) is 36.1 Å². The summed E-state index contributed by atoms with van der Waals surface area (Å²) in [5, 5.41) is 2.18. The fourth-order valence-electron chi connectivity index (χ4n) is 1.70. The van der Waals surface area contributed by atoms with Crippen LogP contribution in [0.3, 0.4) is 0 Å². The smallest absolute Gasteiger partial charge is 0.126 e. The zero-order chi connectivity index (χ0) is 11.4. The molecule has 2 rings (SSSR count). The summed E-state index contributed by atoms with van der Waals surface area (Å²) in [7, 11) is 1.67. The maximum absolute atomic E-state index is 5.38. The SMILES string of the molecule is COc1ccc(C#CCN)c2ccccc12. The number of ether oxygens (including phenoxy) is 1. The third-order valence-corrected chi connectivity index (χ3v) is 2.43. The molecule has 0 heterocycles. The highest BCUT2D eigenvalue weighted by Gasteiger charge is 2.03. The molecule has 0 aliphatic rings. The van der Waals surface area contributed by atoms with Crippen molar-refractivity contribution in [3.63, 3.8) is 0 Å². The first-order chi connectivity index (χ1) is 7.86. The minimum absolute atomic E-state index is 0.375. The Hall–Kier alpha value is -1.98. The molecular formula is C14H13NO. The Kier molecular flexibility index (Phi) is 3.09. The Bertz CT molecular complexity index is 564. The predicted molar refractivity (Wildman–Crippen MR) is 66.4 cm³/mol. The largest absolute Gasteiger partial charge is 0.496 e. The molecule has 2 N–H and O–H groups in total. The topological polar surface area (TPSA) is 35.2 Å². The molecule has 0 aliphatic carbocycles. The van der Waals surface area contributed by atoms with Crippen LogP contribution in [0.15, 0.2) is 36.4 Å². The van der Waals surface area contributed by atoms with E-state index in [1.807, 2.05) is 36.4 Å². The molecule has 16 heavy (non-hydrogen) atoms. The monoisotopic (exact) mass is 211 g/mol. The van der Waals surface area contributed by atoms with Crippen molar-refractivity contribution in [2.75, 3.05) is 13.7 Å². The van der Waals surface area contributed by atoms with Crippen LogP contribution < -0.4 is 10.5 Å². The molecular weight excluding hydrogens is 198 g/mol. The van der Waals surface area contributed by atoms with Crippen molar-refractivity contribution >= 4 is 10.8 Å². The van der Waals surface area contributed by atoms with Crippen LogP contribution in [0.1, 0.15) is 5.56 Å². The number of rotatable bonds is 1. The van der Waals surface area contributed by atoms with Gasteiger partial charge in [-0.05, 0) is 12.1 Å². The highest BCUT2D eigenvalue weighted by molar-refractivity contribution is 5.93. The molecule has 80 valence electrons. The summed E-state index contributed by atoms with van der Waals surface area (Å²) in [6.07, 6.45) is 0. The highest BCUT2D eigenvalue weighted by atomic mass is 16.5. The summed E-state index contributed by atoms with van der Waals surface area (Å²) >= 11 is 0. The van der Waals surface area contributed by atoms with Crippen molar-refractivity contribution in [1.82, 2.24) is 0 Å². The lowest BCUT2D eigenvalue weighted by Gasteiger charge is -2.06. The van der Waals surface area contributed by atoms with Crippen molar-refractivity contribution < 1.29 is 4.74 Å². The molecule has 0 fully saturated rings. The maximum Gasteiger partial charge on any atom is 0.126 e. The van der Waals surface area contributed by atoms with Crippen LogP contribution in [0.4, 0.5) is 0 Å². The fraction of sp³-hybridized carbons (Fsp3) is 0.143. The van der Waals surface area contributed by atoms with E-state index in [0.717, 1.165) is 22.1 Å². The maximum atomic E-state index is 5.38. The van der Waals surface area contributed by atoms with Crippen LogP contribution in [0.5, 0.6) is 5.75 Å². The number of nitrogens with two attached hydrogens (primary N) is 1. The Morgan fingerprint density at radius 2 is 1.88 bits per heavy atom. The molecule has 2 aromatic rings. The molecule has 2 aromatic carbocycles. The van der Waals surface area contributed by atoms with Gasteiger partial charge in [-0.2, -0.15) is 0 Å². The average molecular weight is 211 g/mol. The summed E-state index contributed by atoms with van der Waals surface area (Å²) in [6, 6.07) is 12.0. The molecule has 0 spiro atoms. The van der Waals surface area contributed by atoms with Crippen LogP contribution in [0.2, 0.25) is 0 Å². The van der Waals surface area contributed by atoms with Crippen LogP contribution in [0.25, 0.3) is 10.8 Å². The van der Waals surface area contributed by atoms with Gasteiger partial charge in [-0.25, -0.2) is 0 Å². The standard InChI is InChI=1S/C14H13NO/c1-16-14-9-8-11(5-4-10-15)12-6-2-3-7-13(12)14/h2-3,6-9H,10,15H2,1H3. The van der Waals surface area contributed by atoms with Crippen LogP contribution >= 0.6 is 0 Å². The molecule has 0 saturated heterocycles. The molecule has 0 bridgehead atoms. The second-order valence-corrected chi connectivity index (χ2v) is 3.37. The van der Waals surface area contributed by atoms with E-state index in [4.69, 9.17) is 10.5 Å². The summed E-state index contributed by atoms with van der Waals surface area (Å²) < 4.78 is 5.31. The average Bonchev–Trinajstić information content (AvgIpc) is 2.36. The lowest BCUT2D eigenvalue weighted by atomic mass is 10.0. The number of methoxy groups -OCH3 is 1. The summed E-state index contributed by atoms with van der Waals surface area (Å²) in [5.41, 5.74) is 6.37. The van der Waals surface area contributed by atoms with Gasteiger partial charge in [0, 0.05) is 16.3 Å². The van der Waals surface area contributed by atoms with Gasteiger partial charge in [0.25, 0.3) is 0 Å². The number of hydrogen-bond acceptors (Lipinski definition) is 2. The van der Waals surface area contributed by atoms with E-state index < -0.39 is 0 Å². The van der Waals surface area contributed by atoms with Gasteiger partial charge in [0.05, 0.1) is 13.7 Å². The number of fused-ring (bicyclic) bond motifs is 1. The lowest BCUT2D eigenvalue weighted by molar-refractivity contribution is 0.420. The van der Waals surface area contributed by atoms with Crippen LogP contribution in [0, 0.1) is 11.8 Å². The minimum atomic E-state index is 0.375. The minimum Gasteiger partial charge on any atom is -0.496 e. The molecule has 2 nitrogen and oxygen atoms in total. The normalized spacial score (nSPS) is 9.62. The van der Waals surface area contributed by atoms with Crippen molar-refractivity contribution in [1.29, 1.82) is 0 Å². The highest BCUT2D eigenvalue weighted by Crippen LogP contribution is 2.27. The van der Waals surface area contributed by atoms with E-state index in [1.54, 1.807) is 7.11 Å². The van der Waals surface area contributed by atoms with Crippen molar-refractivity contribution in [2.45, 2.75) is 0 Å². The Morgan fingerprint density at radius 3 is 2.56 bits per heavy atom. The van der Waals surface area contributed by atoms with Crippen LogP contribution in [-0.2, 0) is 0 Å². The van der Waals surface area contributed by atoms with Crippen molar-refractivity contribution in [3.8, 4) is 17.6 Å². The third kappa shape index (κ3) is 1.86. The van der Waals surface area contributed by atoms with Crippen molar-refractivity contribution in [3.05, 3.63) is 42.0 Å². The molecule has 0 radical (unpaired) electrons. The summed E-state index contributed by atoms with van der Waals surface area (Å²) in [6.45, 7) is 0.375. The first kappa shape index (κ1) is 10.5. The number of hydrogen-bond donors (Lipinski definition) is 1. The predicted octanol–water partition coefficient (Wildman–Crippen LogP) is 2.16. The van der Waals surface area contributed by atoms with Gasteiger partial charge < -0.3 is 10.5 Å². The van der Waals surface area contributed by atoms with E-state index in [-0.39, 0.29) is 0 Å². The number of benzene rings is 2. The Balaban J connectivity index is 2.69. The molecule has 0 aliphatic heterocycles. The van der Waals surface area contributed by atoms with Gasteiger partial charge in [0.1, 0.15) is 5.75 Å². The molecule has 0 atom stereocenters. The fourth-order valence-corrected chi connectivity index (χ4v) is 1.70. The van der Waals surface area contributed by atoms with Gasteiger partial charge in [-0.15, -0.1) is 0 Å². The van der Waals surface area contributed by atoms with E-state index in [9.17, 15) is 0 Å². The van der Waals surface area contributed by atoms with Gasteiger partial charge >= 0.3 is 0 Å². The molecule has 2 heteroatoms. The van der Waals surface area contributed by atoms with Gasteiger partial charge in [0.2, 0.25) is 0 Å². The van der Waals surface area contributed by atoms with E-state index >= 15 is 0 Å². The second-order valence-electron chi connectivity index (χ2n) is 3.37. The molecule has 0 unspecified atom stereocenters. The zero-order valence-corrected chi connectivity index (χ0v) is 9.16. The second kappa shape index (κ2) is 4.69. The van der Waals surface area contributed by atoms with E-state index in [2.05, 4.69) is 11.8 Å². The quantitative estimate of drug-likeness (QED) is 0.734. The van der Waals surface area contributed by atoms with Gasteiger partial charge in [-0.3, -0.25) is 0 Å². The molecule has 0 amide bonds. The van der Waals surface area contributed by atoms with Crippen LogP contribution in [-0.4, -0.2) is 13.7 Å². The lowest BCUT2D eigenvalue weighted by Crippen LogP contribution is -1.93. The third-order valence-electron chi connectivity index (χ3n) is 2.43. The van der Waals surface area contributed by atoms with E-state index in [1.165, 1.54) is 0 Å².